The Hall–Kier alpha value is -3.43. The van der Waals surface area contributed by atoms with Gasteiger partial charge in [-0.3, -0.25) is 0 Å². The van der Waals surface area contributed by atoms with E-state index in [4.69, 9.17) is 4.42 Å². The molecule has 1 atom stereocenters. The van der Waals surface area contributed by atoms with Crippen molar-refractivity contribution in [2.24, 2.45) is 0 Å². The number of furan rings is 1. The van der Waals surface area contributed by atoms with Crippen molar-refractivity contribution < 1.29 is 33.3 Å². The van der Waals surface area contributed by atoms with E-state index in [9.17, 15) is 28.9 Å². The highest BCUT2D eigenvalue weighted by Gasteiger charge is 2.25. The molecule has 0 aliphatic rings. The number of anilines is 1. The number of carboxylic acids is 1. The highest BCUT2D eigenvalue weighted by molar-refractivity contribution is 7.15. The molecule has 2 heterocycles. The first-order valence-electron chi connectivity index (χ1n) is 8.73. The molecule has 0 spiro atoms. The summed E-state index contributed by atoms with van der Waals surface area (Å²) in [6.07, 6.45) is -1.44. The molecular formula is C21H15F2NO5S. The van der Waals surface area contributed by atoms with E-state index >= 15 is 0 Å². The van der Waals surface area contributed by atoms with Gasteiger partial charge in [-0.1, -0.05) is 24.3 Å². The summed E-state index contributed by atoms with van der Waals surface area (Å²) in [4.78, 5) is 11.9. The first kappa shape index (κ1) is 19.9. The van der Waals surface area contributed by atoms with Gasteiger partial charge in [-0.15, -0.1) is 11.3 Å². The molecule has 0 saturated carbocycles. The molecule has 0 amide bonds. The number of halogens is 2. The van der Waals surface area contributed by atoms with Gasteiger partial charge in [0.25, 0.3) is 0 Å². The lowest BCUT2D eigenvalue weighted by atomic mass is 10.0. The molecular weight excluding hydrogens is 416 g/mol. The summed E-state index contributed by atoms with van der Waals surface area (Å²) in [6.45, 7) is 1.41. The zero-order valence-electron chi connectivity index (χ0n) is 15.4. The quantitative estimate of drug-likeness (QED) is 0.322. The number of hydrogen-bond donors (Lipinski definition) is 4. The molecule has 0 aliphatic carbocycles. The predicted molar refractivity (Wildman–Crippen MR) is 108 cm³/mol. The van der Waals surface area contributed by atoms with Crippen molar-refractivity contribution in [3.8, 4) is 16.9 Å². The Morgan fingerprint density at radius 3 is 2.63 bits per heavy atom. The van der Waals surface area contributed by atoms with Gasteiger partial charge in [0.15, 0.2) is 35.0 Å². The fourth-order valence-electron chi connectivity index (χ4n) is 3.13. The Morgan fingerprint density at radius 2 is 1.93 bits per heavy atom. The van der Waals surface area contributed by atoms with Gasteiger partial charge in [-0.05, 0) is 24.6 Å². The van der Waals surface area contributed by atoms with Gasteiger partial charge in [-0.2, -0.15) is 0 Å². The summed E-state index contributed by atoms with van der Waals surface area (Å²) in [7, 11) is 0. The third-order valence-electron chi connectivity index (χ3n) is 4.65. The number of thiophene rings is 1. The average Bonchev–Trinajstić information content (AvgIpc) is 3.31. The largest absolute Gasteiger partial charge is 0.504 e. The van der Waals surface area contributed by atoms with Crippen LogP contribution in [0.3, 0.4) is 0 Å². The highest BCUT2D eigenvalue weighted by atomic mass is 32.1. The van der Waals surface area contributed by atoms with Crippen molar-refractivity contribution in [3.63, 3.8) is 0 Å². The van der Waals surface area contributed by atoms with Crippen LogP contribution in [-0.2, 0) is 0 Å². The van der Waals surface area contributed by atoms with Crippen molar-refractivity contribution in [1.82, 2.24) is 0 Å². The van der Waals surface area contributed by atoms with Crippen LogP contribution in [0.2, 0.25) is 0 Å². The molecule has 0 fully saturated rings. The van der Waals surface area contributed by atoms with E-state index in [0.29, 0.717) is 5.39 Å². The second-order valence-corrected chi connectivity index (χ2v) is 7.49. The minimum absolute atomic E-state index is 0.0131. The van der Waals surface area contributed by atoms with Gasteiger partial charge in [-0.25, -0.2) is 13.6 Å². The van der Waals surface area contributed by atoms with Crippen LogP contribution in [0.25, 0.3) is 22.1 Å². The lowest BCUT2D eigenvalue weighted by Gasteiger charge is -2.12. The Bertz CT molecular complexity index is 1280. The smallest absolute Gasteiger partial charge is 0.339 e. The molecule has 1 unspecified atom stereocenters. The van der Waals surface area contributed by atoms with E-state index < -0.39 is 23.8 Å². The molecule has 0 aliphatic heterocycles. The number of hydrogen-bond acceptors (Lipinski definition) is 6. The van der Waals surface area contributed by atoms with Crippen LogP contribution in [0.15, 0.2) is 46.2 Å². The van der Waals surface area contributed by atoms with E-state index in [2.05, 4.69) is 5.32 Å². The minimum Gasteiger partial charge on any atom is -0.504 e. The number of aryl methyl sites for hydroxylation is 1. The monoisotopic (exact) mass is 431 g/mol. The molecule has 2 aromatic carbocycles. The van der Waals surface area contributed by atoms with Crippen LogP contribution in [0, 0.1) is 18.6 Å². The normalized spacial score (nSPS) is 12.3. The van der Waals surface area contributed by atoms with E-state index in [0.717, 1.165) is 11.3 Å². The zero-order chi connectivity index (χ0) is 21.6. The third kappa shape index (κ3) is 3.27. The number of aliphatic hydroxyl groups is 1. The lowest BCUT2D eigenvalue weighted by molar-refractivity contribution is 0.0699. The fourth-order valence-corrected chi connectivity index (χ4v) is 4.10. The minimum atomic E-state index is -1.44. The van der Waals surface area contributed by atoms with Crippen molar-refractivity contribution in [1.29, 1.82) is 0 Å². The van der Waals surface area contributed by atoms with Crippen molar-refractivity contribution in [3.05, 3.63) is 70.3 Å². The number of benzene rings is 2. The SMILES string of the molecule is Cc1ccc(-c2csc(NC(O)c3cc4cccc(O)c4o3)c2C(=O)O)c(F)c1F. The molecule has 0 saturated heterocycles. The van der Waals surface area contributed by atoms with Crippen LogP contribution >= 0.6 is 11.3 Å². The number of carbonyl (C=O) groups is 1. The second-order valence-electron chi connectivity index (χ2n) is 6.61. The van der Waals surface area contributed by atoms with Crippen molar-refractivity contribution in [2.75, 3.05) is 5.32 Å². The number of aliphatic hydroxyl groups excluding tert-OH is 1. The van der Waals surface area contributed by atoms with Gasteiger partial charge in [0.2, 0.25) is 0 Å². The lowest BCUT2D eigenvalue weighted by Crippen LogP contribution is -2.11. The molecule has 0 radical (unpaired) electrons. The third-order valence-corrected chi connectivity index (χ3v) is 5.56. The first-order valence-corrected chi connectivity index (χ1v) is 9.61. The molecule has 0 bridgehead atoms. The summed E-state index contributed by atoms with van der Waals surface area (Å²) in [5.74, 6) is -3.62. The number of aromatic hydroxyl groups is 1. The Balaban J connectivity index is 1.72. The standard InChI is InChI=1S/C21H15F2NO5S/c1-9-5-6-11(17(23)16(9)22)12-8-30-20(15(12)21(27)28)24-19(26)14-7-10-3-2-4-13(25)18(10)29-14/h2-8,19,24-26H,1H3,(H,27,28). The summed E-state index contributed by atoms with van der Waals surface area (Å²) in [6, 6.07) is 8.88. The molecule has 2 aromatic heterocycles. The van der Waals surface area contributed by atoms with Crippen molar-refractivity contribution in [2.45, 2.75) is 13.2 Å². The van der Waals surface area contributed by atoms with Crippen LogP contribution in [0.5, 0.6) is 5.75 Å². The van der Waals surface area contributed by atoms with Gasteiger partial charge in [0.1, 0.15) is 10.6 Å². The molecule has 9 heteroatoms. The van der Waals surface area contributed by atoms with Crippen LogP contribution in [-0.4, -0.2) is 21.3 Å². The predicted octanol–water partition coefficient (Wildman–Crippen LogP) is 5.25. The van der Waals surface area contributed by atoms with E-state index in [1.54, 1.807) is 12.1 Å². The number of carboxylic acid groups (broad SMARTS) is 1. The average molecular weight is 431 g/mol. The number of aromatic carboxylic acids is 1. The van der Waals surface area contributed by atoms with E-state index in [-0.39, 0.29) is 44.3 Å². The van der Waals surface area contributed by atoms with Gasteiger partial charge < -0.3 is 25.1 Å². The summed E-state index contributed by atoms with van der Waals surface area (Å²) >= 11 is 0.919. The zero-order valence-corrected chi connectivity index (χ0v) is 16.3. The topological polar surface area (TPSA) is 103 Å². The number of phenolic OH excluding ortho intramolecular Hbond substituents is 1. The van der Waals surface area contributed by atoms with E-state index in [1.165, 1.54) is 36.6 Å². The number of rotatable bonds is 5. The molecule has 4 rings (SSSR count). The van der Waals surface area contributed by atoms with Crippen LogP contribution in [0.1, 0.15) is 27.9 Å². The van der Waals surface area contributed by atoms with Gasteiger partial charge in [0.05, 0.1) is 0 Å². The Labute approximate surface area is 172 Å². The molecule has 4 N–H and O–H groups in total. The molecule has 4 aromatic rings. The van der Waals surface area contributed by atoms with Gasteiger partial charge in [0, 0.05) is 21.9 Å². The highest BCUT2D eigenvalue weighted by Crippen LogP contribution is 2.39. The van der Waals surface area contributed by atoms with Gasteiger partial charge >= 0.3 is 5.97 Å². The Morgan fingerprint density at radius 1 is 1.17 bits per heavy atom. The Kier molecular flexibility index (Phi) is 4.92. The molecule has 30 heavy (non-hydrogen) atoms. The number of fused-ring (bicyclic) bond motifs is 1. The summed E-state index contributed by atoms with van der Waals surface area (Å²) in [5, 5.41) is 34.6. The van der Waals surface area contributed by atoms with Crippen LogP contribution in [0.4, 0.5) is 13.8 Å². The second kappa shape index (κ2) is 7.43. The molecule has 154 valence electrons. The number of phenols is 1. The summed E-state index contributed by atoms with van der Waals surface area (Å²) in [5.41, 5.74) is -0.231. The summed E-state index contributed by atoms with van der Waals surface area (Å²) < 4.78 is 33.8. The van der Waals surface area contributed by atoms with E-state index in [1.807, 2.05) is 0 Å². The first-order chi connectivity index (χ1) is 14.3. The number of nitrogens with one attached hydrogen (secondary N) is 1. The maximum absolute atomic E-state index is 14.4. The van der Waals surface area contributed by atoms with Crippen molar-refractivity contribution >= 4 is 33.3 Å². The fraction of sp³-hybridized carbons (Fsp3) is 0.0952. The molecule has 6 nitrogen and oxygen atoms in total. The number of para-hydroxylation sites is 1. The van der Waals surface area contributed by atoms with Crippen LogP contribution < -0.4 is 5.32 Å². The maximum atomic E-state index is 14.4. The maximum Gasteiger partial charge on any atom is 0.339 e.